The van der Waals surface area contributed by atoms with Crippen molar-refractivity contribution >= 4 is 21.6 Å². The van der Waals surface area contributed by atoms with E-state index in [1.807, 2.05) is 6.92 Å². The van der Waals surface area contributed by atoms with Crippen LogP contribution in [0.15, 0.2) is 0 Å². The van der Waals surface area contributed by atoms with Crippen LogP contribution >= 0.6 is 11.6 Å². The Labute approximate surface area is 84.9 Å². The monoisotopic (exact) mass is 225 g/mol. The van der Waals surface area contributed by atoms with Gasteiger partial charge in [-0.25, -0.2) is 13.1 Å². The van der Waals surface area contributed by atoms with Gasteiger partial charge < -0.3 is 0 Å². The first kappa shape index (κ1) is 11.3. The quantitative estimate of drug-likeness (QED) is 0.696. The molecule has 1 N–H and O–H groups in total. The molecule has 1 aliphatic carbocycles. The predicted molar refractivity (Wildman–Crippen MR) is 54.5 cm³/mol. The molecule has 0 aromatic carbocycles. The van der Waals surface area contributed by atoms with Crippen molar-refractivity contribution in [3.8, 4) is 0 Å². The lowest BCUT2D eigenvalue weighted by atomic mass is 10.2. The van der Waals surface area contributed by atoms with Crippen LogP contribution < -0.4 is 4.72 Å². The van der Waals surface area contributed by atoms with Crippen LogP contribution in [-0.2, 0) is 10.0 Å². The summed E-state index contributed by atoms with van der Waals surface area (Å²) in [6.07, 6.45) is 3.44. The maximum absolute atomic E-state index is 11.3. The van der Waals surface area contributed by atoms with Gasteiger partial charge in [0.1, 0.15) is 0 Å². The van der Waals surface area contributed by atoms with E-state index in [0.717, 1.165) is 25.7 Å². The molecule has 13 heavy (non-hydrogen) atoms. The summed E-state index contributed by atoms with van der Waals surface area (Å²) in [6.45, 7) is 2.40. The molecule has 0 amide bonds. The second kappa shape index (κ2) is 4.62. The van der Waals surface area contributed by atoms with E-state index in [0.29, 0.717) is 6.54 Å². The number of hydrogen-bond acceptors (Lipinski definition) is 2. The minimum atomic E-state index is -3.03. The maximum Gasteiger partial charge on any atom is 0.214 e. The second-order valence-corrected chi connectivity index (χ2v) is 6.14. The van der Waals surface area contributed by atoms with Crippen LogP contribution in [0.1, 0.15) is 32.6 Å². The van der Waals surface area contributed by atoms with Crippen LogP contribution in [0.4, 0.5) is 0 Å². The van der Waals surface area contributed by atoms with Crippen molar-refractivity contribution in [1.82, 2.24) is 4.72 Å². The molecular formula is C8H16ClNO2S. The molecule has 1 fully saturated rings. The van der Waals surface area contributed by atoms with Crippen LogP contribution in [0.5, 0.6) is 0 Å². The van der Waals surface area contributed by atoms with Gasteiger partial charge in [0, 0.05) is 11.9 Å². The van der Waals surface area contributed by atoms with Gasteiger partial charge in [-0.05, 0) is 19.3 Å². The molecule has 1 atom stereocenters. The van der Waals surface area contributed by atoms with Gasteiger partial charge in [0.05, 0.1) is 5.25 Å². The molecule has 1 rings (SSSR count). The summed E-state index contributed by atoms with van der Waals surface area (Å²) in [7, 11) is -3.03. The second-order valence-electron chi connectivity index (χ2n) is 3.48. The molecule has 0 aliphatic heterocycles. The van der Waals surface area contributed by atoms with E-state index in [2.05, 4.69) is 4.72 Å². The van der Waals surface area contributed by atoms with Gasteiger partial charge in [-0.1, -0.05) is 13.3 Å². The maximum atomic E-state index is 11.3. The Morgan fingerprint density at radius 2 is 2.15 bits per heavy atom. The van der Waals surface area contributed by atoms with Gasteiger partial charge >= 0.3 is 0 Å². The average Bonchev–Trinajstić information content (AvgIpc) is 2.84. The van der Waals surface area contributed by atoms with Gasteiger partial charge in [0.25, 0.3) is 0 Å². The summed E-state index contributed by atoms with van der Waals surface area (Å²) in [6, 6.07) is 0. The topological polar surface area (TPSA) is 46.2 Å². The molecule has 0 aromatic rings. The molecule has 1 saturated carbocycles. The van der Waals surface area contributed by atoms with Crippen LogP contribution in [0.25, 0.3) is 0 Å². The van der Waals surface area contributed by atoms with Crippen LogP contribution in [-0.4, -0.2) is 25.6 Å². The number of alkyl halides is 1. The van der Waals surface area contributed by atoms with E-state index in [4.69, 9.17) is 11.6 Å². The highest BCUT2D eigenvalue weighted by Gasteiger charge is 2.35. The van der Waals surface area contributed by atoms with Crippen molar-refractivity contribution in [2.45, 2.75) is 43.2 Å². The summed E-state index contributed by atoms with van der Waals surface area (Å²) in [4.78, 5) is 0. The molecule has 0 saturated heterocycles. The molecular weight excluding hydrogens is 210 g/mol. The van der Waals surface area contributed by atoms with Crippen molar-refractivity contribution in [2.75, 3.05) is 6.54 Å². The number of nitrogens with one attached hydrogen (secondary N) is 1. The van der Waals surface area contributed by atoms with Crippen molar-refractivity contribution in [2.24, 2.45) is 0 Å². The minimum Gasteiger partial charge on any atom is -0.214 e. The highest BCUT2D eigenvalue weighted by Crippen LogP contribution is 2.27. The van der Waals surface area contributed by atoms with Gasteiger partial charge in [-0.3, -0.25) is 0 Å². The van der Waals surface area contributed by atoms with Gasteiger partial charge in [0.2, 0.25) is 10.0 Å². The standard InChI is InChI=1S/C8H16ClNO2S/c1-2-3-7(9)6-10-13(11,12)8-4-5-8/h7-8,10H,2-6H2,1H3. The van der Waals surface area contributed by atoms with Crippen LogP contribution in [0.2, 0.25) is 0 Å². The number of hydrogen-bond donors (Lipinski definition) is 1. The Bertz CT molecular complexity index is 249. The Morgan fingerprint density at radius 3 is 2.62 bits per heavy atom. The first-order valence-electron chi connectivity index (χ1n) is 4.69. The smallest absolute Gasteiger partial charge is 0.214 e. The molecule has 0 radical (unpaired) electrons. The summed E-state index contributed by atoms with van der Waals surface area (Å²) in [5.41, 5.74) is 0. The van der Waals surface area contributed by atoms with E-state index in [1.165, 1.54) is 0 Å². The lowest BCUT2D eigenvalue weighted by Crippen LogP contribution is -2.32. The van der Waals surface area contributed by atoms with Gasteiger partial charge in [-0.2, -0.15) is 0 Å². The predicted octanol–water partition coefficient (Wildman–Crippen LogP) is 1.48. The highest BCUT2D eigenvalue weighted by atomic mass is 35.5. The Kier molecular flexibility index (Phi) is 4.01. The van der Waals surface area contributed by atoms with E-state index < -0.39 is 10.0 Å². The molecule has 0 bridgehead atoms. The van der Waals surface area contributed by atoms with Gasteiger partial charge in [-0.15, -0.1) is 11.6 Å². The molecule has 5 heteroatoms. The molecule has 0 aromatic heterocycles. The third-order valence-corrected chi connectivity index (χ3v) is 4.36. The SMILES string of the molecule is CCCC(Cl)CNS(=O)(=O)C1CC1. The first-order chi connectivity index (χ1) is 6.06. The van der Waals surface area contributed by atoms with E-state index in [1.54, 1.807) is 0 Å². The molecule has 0 spiro atoms. The summed E-state index contributed by atoms with van der Waals surface area (Å²) < 4.78 is 25.2. The Balaban J connectivity index is 2.24. The highest BCUT2D eigenvalue weighted by molar-refractivity contribution is 7.90. The number of halogens is 1. The Morgan fingerprint density at radius 1 is 1.54 bits per heavy atom. The fourth-order valence-electron chi connectivity index (χ4n) is 1.12. The zero-order valence-corrected chi connectivity index (χ0v) is 9.37. The number of rotatable bonds is 6. The van der Waals surface area contributed by atoms with Crippen LogP contribution in [0, 0.1) is 0 Å². The van der Waals surface area contributed by atoms with Crippen LogP contribution in [0.3, 0.4) is 0 Å². The fourth-order valence-corrected chi connectivity index (χ4v) is 2.93. The largest absolute Gasteiger partial charge is 0.214 e. The summed E-state index contributed by atoms with van der Waals surface area (Å²) >= 11 is 5.89. The first-order valence-corrected chi connectivity index (χ1v) is 6.67. The molecule has 1 aliphatic rings. The van der Waals surface area contributed by atoms with Gasteiger partial charge in [0.15, 0.2) is 0 Å². The zero-order valence-electron chi connectivity index (χ0n) is 7.79. The molecule has 1 unspecified atom stereocenters. The van der Waals surface area contributed by atoms with Crippen molar-refractivity contribution in [1.29, 1.82) is 0 Å². The fraction of sp³-hybridized carbons (Fsp3) is 1.00. The summed E-state index contributed by atoms with van der Waals surface area (Å²) in [5, 5.41) is -0.212. The summed E-state index contributed by atoms with van der Waals surface area (Å²) in [5.74, 6) is 0. The van der Waals surface area contributed by atoms with E-state index in [-0.39, 0.29) is 10.6 Å². The minimum absolute atomic E-state index is 0.0708. The molecule has 78 valence electrons. The molecule has 0 heterocycles. The lowest BCUT2D eigenvalue weighted by Gasteiger charge is -2.09. The average molecular weight is 226 g/mol. The Hall–Kier alpha value is 0.200. The van der Waals surface area contributed by atoms with Crippen molar-refractivity contribution in [3.63, 3.8) is 0 Å². The van der Waals surface area contributed by atoms with Crippen molar-refractivity contribution < 1.29 is 8.42 Å². The van der Waals surface area contributed by atoms with E-state index >= 15 is 0 Å². The molecule has 3 nitrogen and oxygen atoms in total. The third-order valence-electron chi connectivity index (χ3n) is 2.07. The lowest BCUT2D eigenvalue weighted by molar-refractivity contribution is 0.575. The van der Waals surface area contributed by atoms with E-state index in [9.17, 15) is 8.42 Å². The third kappa shape index (κ3) is 3.83. The normalized spacial score (nSPS) is 20.2. The zero-order chi connectivity index (χ0) is 9.90. The van der Waals surface area contributed by atoms with Crippen molar-refractivity contribution in [3.05, 3.63) is 0 Å². The number of sulfonamides is 1.